The van der Waals surface area contributed by atoms with E-state index >= 15 is 0 Å². The molecule has 0 heterocycles. The van der Waals surface area contributed by atoms with Crippen molar-refractivity contribution in [1.29, 1.82) is 0 Å². The topological polar surface area (TPSA) is 66.0 Å². The normalized spacial score (nSPS) is 16.9. The van der Waals surface area contributed by atoms with Crippen molar-refractivity contribution in [1.82, 2.24) is 15.5 Å². The fraction of sp³-hybridized carbons (Fsp3) is 0.636. The Morgan fingerprint density at radius 3 is 2.50 bits per heavy atom. The fourth-order valence-corrected chi connectivity index (χ4v) is 3.27. The fourth-order valence-electron chi connectivity index (χ4n) is 3.27. The lowest BCUT2D eigenvalue weighted by atomic mass is 10.1. The van der Waals surface area contributed by atoms with Gasteiger partial charge in [0, 0.05) is 20.6 Å². The lowest BCUT2D eigenvalue weighted by Gasteiger charge is -2.20. The van der Waals surface area contributed by atoms with Crippen LogP contribution in [0.5, 0.6) is 0 Å². The minimum Gasteiger partial charge on any atom is -0.376 e. The van der Waals surface area contributed by atoms with Crippen LogP contribution in [0.3, 0.4) is 0 Å². The number of nitrogens with zero attached hydrogens (tertiary/aromatic N) is 2. The first-order chi connectivity index (χ1) is 13.6. The molecule has 0 aliphatic heterocycles. The molecule has 1 aromatic carbocycles. The van der Waals surface area contributed by atoms with Crippen LogP contribution in [0.15, 0.2) is 35.3 Å². The van der Waals surface area contributed by atoms with Crippen molar-refractivity contribution in [3.05, 3.63) is 35.9 Å². The van der Waals surface area contributed by atoms with Gasteiger partial charge in [-0.15, -0.1) is 0 Å². The Labute approximate surface area is 169 Å². The number of benzene rings is 1. The van der Waals surface area contributed by atoms with E-state index in [9.17, 15) is 4.79 Å². The van der Waals surface area contributed by atoms with Crippen LogP contribution < -0.4 is 10.6 Å². The summed E-state index contributed by atoms with van der Waals surface area (Å²) in [6.07, 6.45) is 7.92. The SMILES string of the molecule is CC(NC(=NCC(=O)N(C)C)NCCOC1CCCCCC1)c1ccccc1. The zero-order chi connectivity index (χ0) is 20.2. The van der Waals surface area contributed by atoms with Gasteiger partial charge in [0.1, 0.15) is 6.54 Å². The molecular formula is C22H36N4O2. The highest BCUT2D eigenvalue weighted by Gasteiger charge is 2.13. The molecule has 0 radical (unpaired) electrons. The quantitative estimate of drug-likeness (QED) is 0.311. The number of aliphatic imine (C=N–C) groups is 1. The summed E-state index contributed by atoms with van der Waals surface area (Å²) in [5.41, 5.74) is 1.17. The first-order valence-electron chi connectivity index (χ1n) is 10.5. The maximum Gasteiger partial charge on any atom is 0.243 e. The van der Waals surface area contributed by atoms with Crippen LogP contribution >= 0.6 is 0 Å². The molecule has 0 aromatic heterocycles. The smallest absolute Gasteiger partial charge is 0.243 e. The van der Waals surface area contributed by atoms with Crippen molar-refractivity contribution in [2.45, 2.75) is 57.6 Å². The highest BCUT2D eigenvalue weighted by atomic mass is 16.5. The summed E-state index contributed by atoms with van der Waals surface area (Å²) in [4.78, 5) is 17.9. The second-order valence-corrected chi connectivity index (χ2v) is 7.64. The largest absolute Gasteiger partial charge is 0.376 e. The number of nitrogens with one attached hydrogen (secondary N) is 2. The van der Waals surface area contributed by atoms with Gasteiger partial charge < -0.3 is 20.3 Å². The van der Waals surface area contributed by atoms with E-state index in [4.69, 9.17) is 4.74 Å². The molecule has 1 aromatic rings. The van der Waals surface area contributed by atoms with Crippen molar-refractivity contribution < 1.29 is 9.53 Å². The molecule has 1 atom stereocenters. The highest BCUT2D eigenvalue weighted by Crippen LogP contribution is 2.19. The van der Waals surface area contributed by atoms with Crippen molar-refractivity contribution in [2.75, 3.05) is 33.8 Å². The third-order valence-corrected chi connectivity index (χ3v) is 5.07. The number of carbonyl (C=O) groups is 1. The van der Waals surface area contributed by atoms with Crippen LogP contribution in [0.4, 0.5) is 0 Å². The summed E-state index contributed by atoms with van der Waals surface area (Å²) in [6, 6.07) is 10.3. The Bertz CT molecular complexity index is 596. The molecule has 2 rings (SSSR count). The Hall–Kier alpha value is -2.08. The van der Waals surface area contributed by atoms with Crippen molar-refractivity contribution in [3.63, 3.8) is 0 Å². The van der Waals surface area contributed by atoms with Gasteiger partial charge in [-0.3, -0.25) is 4.79 Å². The second kappa shape index (κ2) is 12.4. The summed E-state index contributed by atoms with van der Waals surface area (Å²) in [7, 11) is 3.48. The van der Waals surface area contributed by atoms with Crippen LogP contribution in [0, 0.1) is 0 Å². The van der Waals surface area contributed by atoms with E-state index in [1.54, 1.807) is 19.0 Å². The first kappa shape index (κ1) is 22.2. The number of guanidine groups is 1. The lowest BCUT2D eigenvalue weighted by molar-refractivity contribution is -0.127. The van der Waals surface area contributed by atoms with Gasteiger partial charge in [0.25, 0.3) is 0 Å². The number of amides is 1. The maximum absolute atomic E-state index is 11.9. The molecule has 0 bridgehead atoms. The zero-order valence-corrected chi connectivity index (χ0v) is 17.6. The van der Waals surface area contributed by atoms with E-state index in [-0.39, 0.29) is 18.5 Å². The molecule has 28 heavy (non-hydrogen) atoms. The number of hydrogen-bond acceptors (Lipinski definition) is 3. The second-order valence-electron chi connectivity index (χ2n) is 7.64. The standard InChI is InChI=1S/C22H36N4O2/c1-18(19-11-7-6-8-12-19)25-22(24-17-21(27)26(2)3)23-15-16-28-20-13-9-4-5-10-14-20/h6-8,11-12,18,20H,4-5,9-10,13-17H2,1-3H3,(H2,23,24,25). The van der Waals surface area contributed by atoms with Crippen molar-refractivity contribution in [3.8, 4) is 0 Å². The summed E-state index contributed by atoms with van der Waals surface area (Å²) >= 11 is 0. The Balaban J connectivity index is 1.86. The van der Waals surface area contributed by atoms with Crippen LogP contribution in [-0.2, 0) is 9.53 Å². The van der Waals surface area contributed by atoms with Gasteiger partial charge in [-0.1, -0.05) is 56.0 Å². The minimum absolute atomic E-state index is 0.0248. The summed E-state index contributed by atoms with van der Waals surface area (Å²) < 4.78 is 6.05. The molecule has 6 heteroatoms. The van der Waals surface area contributed by atoms with Crippen molar-refractivity contribution in [2.24, 2.45) is 4.99 Å². The van der Waals surface area contributed by atoms with Gasteiger partial charge in [0.15, 0.2) is 5.96 Å². The van der Waals surface area contributed by atoms with E-state index in [1.165, 1.54) is 44.1 Å². The van der Waals surface area contributed by atoms with Gasteiger partial charge in [0.2, 0.25) is 5.91 Å². The predicted molar refractivity (Wildman–Crippen MR) is 114 cm³/mol. The molecule has 156 valence electrons. The third-order valence-electron chi connectivity index (χ3n) is 5.07. The van der Waals surface area contributed by atoms with Gasteiger partial charge in [0.05, 0.1) is 18.8 Å². The predicted octanol–water partition coefficient (Wildman–Crippen LogP) is 3.11. The molecule has 6 nitrogen and oxygen atoms in total. The number of rotatable bonds is 8. The average molecular weight is 389 g/mol. The van der Waals surface area contributed by atoms with Gasteiger partial charge in [-0.2, -0.15) is 0 Å². The van der Waals surface area contributed by atoms with Crippen LogP contribution in [0.1, 0.15) is 57.1 Å². The molecular weight excluding hydrogens is 352 g/mol. The molecule has 0 saturated heterocycles. The molecule has 1 aliphatic carbocycles. The summed E-state index contributed by atoms with van der Waals surface area (Å²) in [5.74, 6) is 0.610. The molecule has 1 unspecified atom stereocenters. The molecule has 1 saturated carbocycles. The van der Waals surface area contributed by atoms with Gasteiger partial charge in [-0.05, 0) is 25.3 Å². The van der Waals surface area contributed by atoms with E-state index in [2.05, 4.69) is 34.7 Å². The van der Waals surface area contributed by atoms with Gasteiger partial charge >= 0.3 is 0 Å². The molecule has 1 fully saturated rings. The summed E-state index contributed by atoms with van der Waals surface area (Å²) in [5, 5.41) is 6.70. The van der Waals surface area contributed by atoms with Crippen molar-refractivity contribution >= 4 is 11.9 Å². The van der Waals surface area contributed by atoms with E-state index in [0.29, 0.717) is 25.2 Å². The molecule has 2 N–H and O–H groups in total. The number of hydrogen-bond donors (Lipinski definition) is 2. The maximum atomic E-state index is 11.9. The molecule has 0 spiro atoms. The third kappa shape index (κ3) is 8.30. The molecule has 1 amide bonds. The highest BCUT2D eigenvalue weighted by molar-refractivity contribution is 5.85. The van der Waals surface area contributed by atoms with Crippen LogP contribution in [-0.4, -0.2) is 56.7 Å². The zero-order valence-electron chi connectivity index (χ0n) is 17.6. The molecule has 1 aliphatic rings. The minimum atomic E-state index is -0.0248. The Morgan fingerprint density at radius 1 is 1.18 bits per heavy atom. The van der Waals surface area contributed by atoms with Gasteiger partial charge in [-0.25, -0.2) is 4.99 Å². The van der Waals surface area contributed by atoms with Crippen LogP contribution in [0.2, 0.25) is 0 Å². The first-order valence-corrected chi connectivity index (χ1v) is 10.5. The summed E-state index contributed by atoms with van der Waals surface area (Å²) in [6.45, 7) is 3.52. The van der Waals surface area contributed by atoms with E-state index < -0.39 is 0 Å². The lowest BCUT2D eigenvalue weighted by Crippen LogP contribution is -2.41. The van der Waals surface area contributed by atoms with E-state index in [1.807, 2.05) is 18.2 Å². The Morgan fingerprint density at radius 2 is 1.86 bits per heavy atom. The number of ether oxygens (including phenoxy) is 1. The average Bonchev–Trinajstić information content (AvgIpc) is 2.98. The number of likely N-dealkylation sites (N-methyl/N-ethyl adjacent to an activating group) is 1. The number of carbonyl (C=O) groups excluding carboxylic acids is 1. The van der Waals surface area contributed by atoms with E-state index in [0.717, 1.165) is 0 Å². The monoisotopic (exact) mass is 388 g/mol. The Kier molecular flexibility index (Phi) is 9.83. The van der Waals surface area contributed by atoms with Crippen LogP contribution in [0.25, 0.3) is 0 Å².